The van der Waals surface area contributed by atoms with Gasteiger partial charge < -0.3 is 15.0 Å². The summed E-state index contributed by atoms with van der Waals surface area (Å²) in [5.74, 6) is 0. The summed E-state index contributed by atoms with van der Waals surface area (Å²) in [4.78, 5) is 28.4. The van der Waals surface area contributed by atoms with Gasteiger partial charge in [-0.25, -0.2) is 4.79 Å². The minimum atomic E-state index is -0.551. The van der Waals surface area contributed by atoms with Gasteiger partial charge in [-0.3, -0.25) is 15.1 Å². The molecule has 2 saturated carbocycles. The third-order valence-electron chi connectivity index (χ3n) is 5.42. The van der Waals surface area contributed by atoms with E-state index in [-0.39, 0.29) is 35.0 Å². The summed E-state index contributed by atoms with van der Waals surface area (Å²) < 4.78 is 5.81. The zero-order valence-corrected chi connectivity index (χ0v) is 13.9. The Bertz CT molecular complexity index is 647. The molecular formula is C16H22N4O4. The second kappa shape index (κ2) is 6.35. The summed E-state index contributed by atoms with van der Waals surface area (Å²) in [5.41, 5.74) is 0.0142. The van der Waals surface area contributed by atoms with Crippen LogP contribution in [0.1, 0.15) is 32.6 Å². The Balaban J connectivity index is 1.69. The number of aromatic nitrogens is 1. The van der Waals surface area contributed by atoms with E-state index in [0.29, 0.717) is 6.61 Å². The number of nitro groups is 1. The van der Waals surface area contributed by atoms with E-state index in [2.05, 4.69) is 10.3 Å². The fourth-order valence-electron chi connectivity index (χ4n) is 3.93. The lowest BCUT2D eigenvalue weighted by molar-refractivity contribution is -0.384. The van der Waals surface area contributed by atoms with Crippen molar-refractivity contribution in [3.63, 3.8) is 0 Å². The van der Waals surface area contributed by atoms with Crippen molar-refractivity contribution in [2.24, 2.45) is 5.41 Å². The average Bonchev–Trinajstić information content (AvgIpc) is 2.49. The second-order valence-corrected chi connectivity index (χ2v) is 6.47. The van der Waals surface area contributed by atoms with Crippen LogP contribution in [0.3, 0.4) is 0 Å². The third kappa shape index (κ3) is 2.60. The van der Waals surface area contributed by atoms with Crippen LogP contribution in [0.25, 0.3) is 0 Å². The molecule has 0 saturated heterocycles. The number of carbonyl (C=O) groups is 1. The molecule has 0 bridgehead atoms. The highest BCUT2D eigenvalue weighted by atomic mass is 16.6. The summed E-state index contributed by atoms with van der Waals surface area (Å²) in [6, 6.07) is 1.21. The van der Waals surface area contributed by atoms with Gasteiger partial charge in [0.25, 0.3) is 0 Å². The van der Waals surface area contributed by atoms with Crippen LogP contribution in [0.4, 0.5) is 16.2 Å². The number of carbonyl (C=O) groups excluding carboxylic acids is 1. The maximum atomic E-state index is 12.5. The Morgan fingerprint density at radius 1 is 1.58 bits per heavy atom. The molecule has 2 amide bonds. The Labute approximate surface area is 140 Å². The van der Waals surface area contributed by atoms with Crippen LogP contribution < -0.4 is 5.32 Å². The lowest BCUT2D eigenvalue weighted by Crippen LogP contribution is -2.68. The first-order chi connectivity index (χ1) is 11.5. The molecule has 1 N–H and O–H groups in total. The number of pyridine rings is 1. The van der Waals surface area contributed by atoms with Gasteiger partial charge in [-0.05, 0) is 32.3 Å². The Morgan fingerprint density at radius 3 is 2.92 bits per heavy atom. The van der Waals surface area contributed by atoms with Crippen molar-refractivity contribution in [1.82, 2.24) is 9.88 Å². The van der Waals surface area contributed by atoms with Gasteiger partial charge in [0.1, 0.15) is 11.9 Å². The Kier molecular flexibility index (Phi) is 4.40. The number of amides is 2. The van der Waals surface area contributed by atoms with Crippen LogP contribution in [-0.2, 0) is 4.74 Å². The maximum absolute atomic E-state index is 12.5. The number of ether oxygens (including phenoxy) is 1. The molecule has 2 fully saturated rings. The standard InChI is InChI=1S/C16H22N4O4/c1-3-24-14-9-13(16(14)6-4-7-16)19(2)15(21)18-11-5-8-17-10-12(11)20(22)23/h5,8,10,13-14H,3-4,6-7,9H2,1-2H3,(H,17,18,21)/t13-,14+/m1/s1. The fourth-order valence-corrected chi connectivity index (χ4v) is 3.93. The molecule has 24 heavy (non-hydrogen) atoms. The first-order valence-corrected chi connectivity index (χ1v) is 8.23. The van der Waals surface area contributed by atoms with E-state index < -0.39 is 4.92 Å². The molecule has 0 radical (unpaired) electrons. The highest BCUT2D eigenvalue weighted by molar-refractivity contribution is 5.91. The molecule has 0 aliphatic heterocycles. The van der Waals surface area contributed by atoms with Gasteiger partial charge in [0.15, 0.2) is 0 Å². The van der Waals surface area contributed by atoms with Gasteiger partial charge in [0, 0.05) is 31.3 Å². The van der Waals surface area contributed by atoms with Crippen LogP contribution in [0, 0.1) is 15.5 Å². The van der Waals surface area contributed by atoms with Crippen molar-refractivity contribution >= 4 is 17.4 Å². The predicted molar refractivity (Wildman–Crippen MR) is 87.8 cm³/mol. The molecule has 1 aromatic rings. The molecule has 8 heteroatoms. The lowest BCUT2D eigenvalue weighted by atomic mass is 9.50. The van der Waals surface area contributed by atoms with E-state index in [9.17, 15) is 14.9 Å². The summed E-state index contributed by atoms with van der Waals surface area (Å²) in [6.07, 6.45) is 6.88. The summed E-state index contributed by atoms with van der Waals surface area (Å²) >= 11 is 0. The Hall–Kier alpha value is -2.22. The molecule has 130 valence electrons. The van der Waals surface area contributed by atoms with E-state index in [1.165, 1.54) is 12.3 Å². The fraction of sp³-hybridized carbons (Fsp3) is 0.625. The van der Waals surface area contributed by atoms with Crippen LogP contribution in [0.2, 0.25) is 0 Å². The number of rotatable bonds is 5. The van der Waals surface area contributed by atoms with Crippen molar-refractivity contribution in [2.45, 2.75) is 44.8 Å². The number of anilines is 1. The van der Waals surface area contributed by atoms with Gasteiger partial charge in [-0.2, -0.15) is 0 Å². The van der Waals surface area contributed by atoms with Crippen LogP contribution in [0.15, 0.2) is 18.5 Å². The Morgan fingerprint density at radius 2 is 2.33 bits per heavy atom. The molecule has 3 rings (SSSR count). The molecule has 2 aliphatic carbocycles. The van der Waals surface area contributed by atoms with Gasteiger partial charge >= 0.3 is 11.7 Å². The molecule has 0 aromatic carbocycles. The molecule has 2 aliphatic rings. The van der Waals surface area contributed by atoms with E-state index >= 15 is 0 Å². The molecule has 0 unspecified atom stereocenters. The van der Waals surface area contributed by atoms with E-state index in [1.807, 2.05) is 6.92 Å². The van der Waals surface area contributed by atoms with Gasteiger partial charge in [0.05, 0.1) is 11.0 Å². The first kappa shape index (κ1) is 16.6. The summed E-state index contributed by atoms with van der Waals surface area (Å²) in [6.45, 7) is 2.66. The van der Waals surface area contributed by atoms with Crippen LogP contribution >= 0.6 is 0 Å². The number of urea groups is 1. The van der Waals surface area contributed by atoms with Crippen molar-refractivity contribution in [2.75, 3.05) is 19.0 Å². The van der Waals surface area contributed by atoms with Crippen molar-refractivity contribution in [3.8, 4) is 0 Å². The van der Waals surface area contributed by atoms with E-state index in [0.717, 1.165) is 31.9 Å². The molecule has 2 atom stereocenters. The summed E-state index contributed by atoms with van der Waals surface area (Å²) in [7, 11) is 1.75. The maximum Gasteiger partial charge on any atom is 0.322 e. The second-order valence-electron chi connectivity index (χ2n) is 6.47. The van der Waals surface area contributed by atoms with Gasteiger partial charge in [-0.15, -0.1) is 0 Å². The largest absolute Gasteiger partial charge is 0.378 e. The first-order valence-electron chi connectivity index (χ1n) is 8.23. The van der Waals surface area contributed by atoms with E-state index in [4.69, 9.17) is 4.74 Å². The third-order valence-corrected chi connectivity index (χ3v) is 5.42. The number of nitrogens with zero attached hydrogens (tertiary/aromatic N) is 3. The quantitative estimate of drug-likeness (QED) is 0.659. The number of nitrogens with one attached hydrogen (secondary N) is 1. The van der Waals surface area contributed by atoms with E-state index in [1.54, 1.807) is 11.9 Å². The highest BCUT2D eigenvalue weighted by Gasteiger charge is 2.60. The average molecular weight is 334 g/mol. The molecular weight excluding hydrogens is 312 g/mol. The molecule has 1 spiro atoms. The van der Waals surface area contributed by atoms with Crippen molar-refractivity contribution < 1.29 is 14.5 Å². The smallest absolute Gasteiger partial charge is 0.322 e. The minimum Gasteiger partial charge on any atom is -0.378 e. The zero-order valence-electron chi connectivity index (χ0n) is 13.9. The number of hydrogen-bond acceptors (Lipinski definition) is 5. The topological polar surface area (TPSA) is 97.6 Å². The lowest BCUT2D eigenvalue weighted by Gasteiger charge is -2.63. The predicted octanol–water partition coefficient (Wildman–Crippen LogP) is 2.80. The van der Waals surface area contributed by atoms with Gasteiger partial charge in [0.2, 0.25) is 0 Å². The normalized spacial score (nSPS) is 23.9. The highest BCUT2D eigenvalue weighted by Crippen LogP contribution is 2.58. The zero-order chi connectivity index (χ0) is 17.3. The molecule has 8 nitrogen and oxygen atoms in total. The molecule has 1 aromatic heterocycles. The molecule has 1 heterocycles. The van der Waals surface area contributed by atoms with Crippen molar-refractivity contribution in [3.05, 3.63) is 28.6 Å². The van der Waals surface area contributed by atoms with Crippen molar-refractivity contribution in [1.29, 1.82) is 0 Å². The monoisotopic (exact) mass is 334 g/mol. The SMILES string of the molecule is CCO[C@H]1C[C@@H](N(C)C(=O)Nc2ccncc2[N+](=O)[O-])C12CCC2. The van der Waals surface area contributed by atoms with Crippen LogP contribution in [0.5, 0.6) is 0 Å². The van der Waals surface area contributed by atoms with Gasteiger partial charge in [-0.1, -0.05) is 6.42 Å². The summed E-state index contributed by atoms with van der Waals surface area (Å²) in [5, 5.41) is 13.7. The van der Waals surface area contributed by atoms with Crippen LogP contribution in [-0.4, -0.2) is 46.6 Å². The minimum absolute atomic E-state index is 0.0618. The number of hydrogen-bond donors (Lipinski definition) is 1.